The lowest BCUT2D eigenvalue weighted by molar-refractivity contribution is 0.355. The summed E-state index contributed by atoms with van der Waals surface area (Å²) in [6.07, 6.45) is 3.67. The van der Waals surface area contributed by atoms with Gasteiger partial charge in [-0.05, 0) is 60.2 Å². The van der Waals surface area contributed by atoms with Crippen LogP contribution in [0.5, 0.6) is 17.2 Å². The van der Waals surface area contributed by atoms with Crippen LogP contribution in [0.1, 0.15) is 11.1 Å². The van der Waals surface area contributed by atoms with Crippen molar-refractivity contribution >= 4 is 22.9 Å². The number of methoxy groups -OCH3 is 3. The molecular weight excluding hydrogens is 411 g/mol. The highest BCUT2D eigenvalue weighted by Crippen LogP contribution is 2.37. The number of hydrogen-bond donors (Lipinski definition) is 0. The van der Waals surface area contributed by atoms with Gasteiger partial charge in [0.1, 0.15) is 17.3 Å². The SMILES string of the molecule is COc1ccc(-c2oc(=O)c3cc(OC)c(OC)cc3c2/C=C/c2ccc(F)cc2)cc1. The van der Waals surface area contributed by atoms with Crippen molar-refractivity contribution < 1.29 is 23.0 Å². The first-order valence-corrected chi connectivity index (χ1v) is 9.85. The fourth-order valence-corrected chi connectivity index (χ4v) is 3.47. The number of ether oxygens (including phenoxy) is 3. The topological polar surface area (TPSA) is 57.9 Å². The van der Waals surface area contributed by atoms with E-state index in [1.54, 1.807) is 43.5 Å². The fourth-order valence-electron chi connectivity index (χ4n) is 3.47. The summed E-state index contributed by atoms with van der Waals surface area (Å²) in [6.45, 7) is 0. The number of halogens is 1. The van der Waals surface area contributed by atoms with Crippen LogP contribution in [-0.4, -0.2) is 21.3 Å². The Balaban J connectivity index is 1.99. The molecule has 0 unspecified atom stereocenters. The van der Waals surface area contributed by atoms with Gasteiger partial charge in [-0.25, -0.2) is 9.18 Å². The predicted molar refractivity (Wildman–Crippen MR) is 123 cm³/mol. The van der Waals surface area contributed by atoms with Crippen LogP contribution in [0.4, 0.5) is 4.39 Å². The lowest BCUT2D eigenvalue weighted by Crippen LogP contribution is -2.04. The molecule has 0 amide bonds. The van der Waals surface area contributed by atoms with Crippen molar-refractivity contribution in [2.75, 3.05) is 21.3 Å². The third kappa shape index (κ3) is 4.07. The molecule has 6 heteroatoms. The molecule has 0 fully saturated rings. The minimum Gasteiger partial charge on any atom is -0.497 e. The zero-order valence-electron chi connectivity index (χ0n) is 17.8. The molecule has 0 saturated heterocycles. The van der Waals surface area contributed by atoms with Crippen molar-refractivity contribution in [3.63, 3.8) is 0 Å². The highest BCUT2D eigenvalue weighted by molar-refractivity contribution is 5.98. The minimum absolute atomic E-state index is 0.311. The fraction of sp³-hybridized carbons (Fsp3) is 0.115. The first kappa shape index (κ1) is 21.2. The van der Waals surface area contributed by atoms with E-state index < -0.39 is 5.63 Å². The van der Waals surface area contributed by atoms with Crippen molar-refractivity contribution in [3.05, 3.63) is 88.0 Å². The van der Waals surface area contributed by atoms with Crippen LogP contribution in [-0.2, 0) is 0 Å². The molecule has 0 spiro atoms. The molecule has 0 atom stereocenters. The Labute approximate surface area is 184 Å². The molecule has 0 radical (unpaired) electrons. The summed E-state index contributed by atoms with van der Waals surface area (Å²) < 4.78 is 35.1. The molecule has 5 nitrogen and oxygen atoms in total. The standard InChI is InChI=1S/C26H21FO5/c1-29-19-11-7-17(8-12-19)25-20(13-6-16-4-9-18(27)10-5-16)21-14-23(30-2)24(31-3)15-22(21)26(28)32-25/h4-15H,1-3H3/b13-6+. The third-order valence-electron chi connectivity index (χ3n) is 5.14. The molecule has 0 aliphatic heterocycles. The Morgan fingerprint density at radius 3 is 2.00 bits per heavy atom. The molecule has 0 N–H and O–H groups in total. The van der Waals surface area contributed by atoms with E-state index in [2.05, 4.69) is 0 Å². The normalized spacial score (nSPS) is 11.1. The summed E-state index contributed by atoms with van der Waals surface area (Å²) in [7, 11) is 4.63. The van der Waals surface area contributed by atoms with Crippen LogP contribution in [0.3, 0.4) is 0 Å². The monoisotopic (exact) mass is 432 g/mol. The molecule has 0 aliphatic carbocycles. The summed E-state index contributed by atoms with van der Waals surface area (Å²) in [6, 6.07) is 16.7. The number of hydrogen-bond acceptors (Lipinski definition) is 5. The molecule has 32 heavy (non-hydrogen) atoms. The third-order valence-corrected chi connectivity index (χ3v) is 5.14. The zero-order chi connectivity index (χ0) is 22.7. The summed E-state index contributed by atoms with van der Waals surface area (Å²) in [5.74, 6) is 1.69. The second-order valence-corrected chi connectivity index (χ2v) is 7.00. The van der Waals surface area contributed by atoms with Gasteiger partial charge in [0, 0.05) is 16.5 Å². The van der Waals surface area contributed by atoms with Gasteiger partial charge >= 0.3 is 5.63 Å². The summed E-state index contributed by atoms with van der Waals surface area (Å²) in [5, 5.41) is 1.00. The van der Waals surface area contributed by atoms with Crippen molar-refractivity contribution in [1.29, 1.82) is 0 Å². The van der Waals surface area contributed by atoms with Crippen LogP contribution >= 0.6 is 0 Å². The van der Waals surface area contributed by atoms with E-state index in [9.17, 15) is 9.18 Å². The maximum absolute atomic E-state index is 13.3. The first-order valence-electron chi connectivity index (χ1n) is 9.85. The van der Waals surface area contributed by atoms with Crippen LogP contribution in [0, 0.1) is 5.82 Å². The van der Waals surface area contributed by atoms with Crippen molar-refractivity contribution in [2.24, 2.45) is 0 Å². The Bertz CT molecular complexity index is 1340. The molecule has 4 aromatic rings. The Kier molecular flexibility index (Phi) is 5.94. The maximum atomic E-state index is 13.3. The molecule has 0 saturated carbocycles. The van der Waals surface area contributed by atoms with E-state index in [0.717, 1.165) is 5.56 Å². The van der Waals surface area contributed by atoms with Crippen LogP contribution in [0.2, 0.25) is 0 Å². The molecule has 1 heterocycles. The van der Waals surface area contributed by atoms with Crippen LogP contribution in [0.15, 0.2) is 69.9 Å². The maximum Gasteiger partial charge on any atom is 0.344 e. The van der Waals surface area contributed by atoms with Gasteiger partial charge in [-0.1, -0.05) is 18.2 Å². The average molecular weight is 432 g/mol. The van der Waals surface area contributed by atoms with Crippen molar-refractivity contribution in [2.45, 2.75) is 0 Å². The van der Waals surface area contributed by atoms with E-state index in [-0.39, 0.29) is 5.82 Å². The lowest BCUT2D eigenvalue weighted by Gasteiger charge is -2.13. The van der Waals surface area contributed by atoms with Gasteiger partial charge in [0.25, 0.3) is 0 Å². The molecule has 162 valence electrons. The highest BCUT2D eigenvalue weighted by Gasteiger charge is 2.17. The van der Waals surface area contributed by atoms with E-state index in [4.69, 9.17) is 18.6 Å². The Morgan fingerprint density at radius 1 is 0.781 bits per heavy atom. The zero-order valence-corrected chi connectivity index (χ0v) is 17.8. The van der Waals surface area contributed by atoms with Crippen LogP contribution < -0.4 is 19.8 Å². The van der Waals surface area contributed by atoms with E-state index in [0.29, 0.717) is 44.9 Å². The lowest BCUT2D eigenvalue weighted by atomic mass is 9.99. The highest BCUT2D eigenvalue weighted by atomic mass is 19.1. The molecule has 4 rings (SSSR count). The quantitative estimate of drug-likeness (QED) is 0.386. The van der Waals surface area contributed by atoms with Gasteiger partial charge in [0.05, 0.1) is 26.7 Å². The molecule has 1 aromatic heterocycles. The van der Waals surface area contributed by atoms with Crippen molar-refractivity contribution in [1.82, 2.24) is 0 Å². The van der Waals surface area contributed by atoms with Gasteiger partial charge in [-0.3, -0.25) is 0 Å². The largest absolute Gasteiger partial charge is 0.497 e. The summed E-state index contributed by atoms with van der Waals surface area (Å²) >= 11 is 0. The van der Waals surface area contributed by atoms with E-state index in [1.807, 2.05) is 24.3 Å². The second kappa shape index (κ2) is 8.98. The Hall–Kier alpha value is -4.06. The van der Waals surface area contributed by atoms with E-state index >= 15 is 0 Å². The van der Waals surface area contributed by atoms with Gasteiger partial charge in [0.15, 0.2) is 11.5 Å². The van der Waals surface area contributed by atoms with Crippen LogP contribution in [0.25, 0.3) is 34.2 Å². The molecule has 0 aliphatic rings. The van der Waals surface area contributed by atoms with E-state index in [1.165, 1.54) is 26.4 Å². The summed E-state index contributed by atoms with van der Waals surface area (Å²) in [5.41, 5.74) is 1.69. The van der Waals surface area contributed by atoms with Gasteiger partial charge in [-0.2, -0.15) is 0 Å². The first-order chi connectivity index (χ1) is 15.5. The van der Waals surface area contributed by atoms with Gasteiger partial charge in [-0.15, -0.1) is 0 Å². The molecule has 3 aromatic carbocycles. The molecule has 0 bridgehead atoms. The minimum atomic E-state index is -0.495. The summed E-state index contributed by atoms with van der Waals surface area (Å²) in [4.78, 5) is 12.9. The number of rotatable bonds is 6. The average Bonchev–Trinajstić information content (AvgIpc) is 2.83. The Morgan fingerprint density at radius 2 is 1.41 bits per heavy atom. The van der Waals surface area contributed by atoms with Crippen molar-refractivity contribution in [3.8, 4) is 28.6 Å². The second-order valence-electron chi connectivity index (χ2n) is 7.00. The number of benzene rings is 3. The van der Waals surface area contributed by atoms with Gasteiger partial charge in [0.2, 0.25) is 0 Å². The predicted octanol–water partition coefficient (Wildman–Crippen LogP) is 5.80. The molecular formula is C26H21FO5. The number of fused-ring (bicyclic) bond motifs is 1. The smallest absolute Gasteiger partial charge is 0.344 e. The van der Waals surface area contributed by atoms with Gasteiger partial charge < -0.3 is 18.6 Å².